The zero-order chi connectivity index (χ0) is 10.6. The van der Waals surface area contributed by atoms with Crippen molar-refractivity contribution >= 4 is 28.7 Å². The van der Waals surface area contributed by atoms with Crippen LogP contribution in [0.25, 0.3) is 6.08 Å². The lowest BCUT2D eigenvalue weighted by Gasteiger charge is -2.08. The highest BCUT2D eigenvalue weighted by molar-refractivity contribution is 14.1. The minimum Gasteiger partial charge on any atom is -0.389 e. The minimum absolute atomic E-state index is 0.473. The molecule has 0 saturated heterocycles. The zero-order valence-corrected chi connectivity index (χ0v) is 10.2. The van der Waals surface area contributed by atoms with E-state index in [4.69, 9.17) is 0 Å². The van der Waals surface area contributed by atoms with E-state index in [1.807, 2.05) is 36.4 Å². The Morgan fingerprint density at radius 2 is 2.00 bits per heavy atom. The molecule has 1 rings (SSSR count). The molecule has 0 fully saturated rings. The molecule has 1 aromatic rings. The molecule has 0 saturated carbocycles. The summed E-state index contributed by atoms with van der Waals surface area (Å²) in [5.74, 6) is 0. The van der Waals surface area contributed by atoms with Gasteiger partial charge in [0.1, 0.15) is 0 Å². The number of halogens is 1. The molecule has 2 heteroatoms. The van der Waals surface area contributed by atoms with Gasteiger partial charge in [-0.15, -0.1) is 0 Å². The van der Waals surface area contributed by atoms with Crippen molar-refractivity contribution in [2.45, 2.75) is 13.0 Å². The fourth-order valence-corrected chi connectivity index (χ4v) is 1.76. The van der Waals surface area contributed by atoms with Gasteiger partial charge in [0.2, 0.25) is 0 Å². The fraction of sp³-hybridized carbons (Fsp3) is 0.167. The third kappa shape index (κ3) is 3.27. The van der Waals surface area contributed by atoms with E-state index in [1.165, 1.54) is 0 Å². The van der Waals surface area contributed by atoms with Gasteiger partial charge in [0.15, 0.2) is 0 Å². The maximum Gasteiger partial charge on any atom is 0.0772 e. The summed E-state index contributed by atoms with van der Waals surface area (Å²) in [6.45, 7) is 5.58. The Morgan fingerprint density at radius 3 is 2.43 bits per heavy atom. The largest absolute Gasteiger partial charge is 0.389 e. The summed E-state index contributed by atoms with van der Waals surface area (Å²) in [4.78, 5) is 0. The van der Waals surface area contributed by atoms with Crippen molar-refractivity contribution in [1.29, 1.82) is 0 Å². The standard InChI is InChI=1S/C12H13IO/c1-9(13)12(10(2)14)8-11-6-4-3-5-7-11/h3-8,10,14H,1H2,2H3/b12-8+. The first-order valence-corrected chi connectivity index (χ1v) is 5.48. The van der Waals surface area contributed by atoms with E-state index >= 15 is 0 Å². The van der Waals surface area contributed by atoms with Crippen LogP contribution < -0.4 is 0 Å². The van der Waals surface area contributed by atoms with Crippen molar-refractivity contribution < 1.29 is 5.11 Å². The Kier molecular flexibility index (Phi) is 4.35. The van der Waals surface area contributed by atoms with Gasteiger partial charge in [-0.3, -0.25) is 0 Å². The molecular weight excluding hydrogens is 287 g/mol. The molecule has 0 aromatic heterocycles. The van der Waals surface area contributed by atoms with E-state index in [1.54, 1.807) is 6.92 Å². The molecule has 1 N–H and O–H groups in total. The third-order valence-electron chi connectivity index (χ3n) is 1.89. The van der Waals surface area contributed by atoms with Crippen molar-refractivity contribution in [1.82, 2.24) is 0 Å². The molecule has 0 spiro atoms. The number of rotatable bonds is 3. The van der Waals surface area contributed by atoms with Crippen LogP contribution in [0.4, 0.5) is 0 Å². The van der Waals surface area contributed by atoms with Gasteiger partial charge in [-0.25, -0.2) is 0 Å². The number of hydrogen-bond donors (Lipinski definition) is 1. The first kappa shape index (κ1) is 11.5. The average molecular weight is 300 g/mol. The number of benzene rings is 1. The van der Waals surface area contributed by atoms with Crippen molar-refractivity contribution in [2.24, 2.45) is 0 Å². The van der Waals surface area contributed by atoms with Crippen LogP contribution >= 0.6 is 22.6 Å². The predicted octanol–water partition coefficient (Wildman–Crippen LogP) is 3.40. The lowest BCUT2D eigenvalue weighted by atomic mass is 10.1. The van der Waals surface area contributed by atoms with E-state index < -0.39 is 6.10 Å². The molecular formula is C12H13IO. The summed E-state index contributed by atoms with van der Waals surface area (Å²) in [6.07, 6.45) is 1.49. The minimum atomic E-state index is -0.473. The smallest absolute Gasteiger partial charge is 0.0772 e. The molecule has 1 nitrogen and oxygen atoms in total. The van der Waals surface area contributed by atoms with Gasteiger partial charge in [-0.1, -0.05) is 36.9 Å². The van der Waals surface area contributed by atoms with Gasteiger partial charge >= 0.3 is 0 Å². The molecule has 0 radical (unpaired) electrons. The Labute approximate surface area is 98.3 Å². The molecule has 0 aliphatic carbocycles. The van der Waals surface area contributed by atoms with E-state index in [-0.39, 0.29) is 0 Å². The molecule has 0 aliphatic heterocycles. The highest BCUT2D eigenvalue weighted by Crippen LogP contribution is 2.21. The Hall–Kier alpha value is -0.610. The van der Waals surface area contributed by atoms with Gasteiger partial charge in [0, 0.05) is 3.58 Å². The molecule has 0 bridgehead atoms. The normalized spacial score (nSPS) is 13.8. The van der Waals surface area contributed by atoms with Crippen LogP contribution in [0.1, 0.15) is 12.5 Å². The maximum absolute atomic E-state index is 9.51. The fourth-order valence-electron chi connectivity index (χ4n) is 1.15. The average Bonchev–Trinajstić information content (AvgIpc) is 2.15. The zero-order valence-electron chi connectivity index (χ0n) is 8.07. The summed E-state index contributed by atoms with van der Waals surface area (Å²) in [7, 11) is 0. The molecule has 1 aromatic carbocycles. The maximum atomic E-state index is 9.51. The molecule has 0 amide bonds. The number of aliphatic hydroxyl groups excluding tert-OH is 1. The van der Waals surface area contributed by atoms with Gasteiger partial charge < -0.3 is 5.11 Å². The predicted molar refractivity (Wildman–Crippen MR) is 69.3 cm³/mol. The van der Waals surface area contributed by atoms with Crippen LogP contribution in [0.2, 0.25) is 0 Å². The topological polar surface area (TPSA) is 20.2 Å². The highest BCUT2D eigenvalue weighted by Gasteiger charge is 2.06. The molecule has 74 valence electrons. The lowest BCUT2D eigenvalue weighted by Crippen LogP contribution is -2.03. The molecule has 14 heavy (non-hydrogen) atoms. The molecule has 0 heterocycles. The van der Waals surface area contributed by atoms with E-state index in [0.717, 1.165) is 14.7 Å². The summed E-state index contributed by atoms with van der Waals surface area (Å²) in [6, 6.07) is 9.92. The van der Waals surface area contributed by atoms with E-state index in [0.29, 0.717) is 0 Å². The van der Waals surface area contributed by atoms with Crippen molar-refractivity contribution in [3.63, 3.8) is 0 Å². The van der Waals surface area contributed by atoms with Gasteiger partial charge in [0.25, 0.3) is 0 Å². The van der Waals surface area contributed by atoms with Gasteiger partial charge in [0.05, 0.1) is 6.10 Å². The Balaban J connectivity index is 3.00. The van der Waals surface area contributed by atoms with Crippen LogP contribution in [-0.2, 0) is 0 Å². The Bertz CT molecular complexity index is 339. The first-order valence-electron chi connectivity index (χ1n) is 4.40. The summed E-state index contributed by atoms with van der Waals surface area (Å²) in [5, 5.41) is 9.51. The molecule has 1 atom stereocenters. The van der Waals surface area contributed by atoms with Crippen molar-refractivity contribution in [3.05, 3.63) is 51.6 Å². The van der Waals surface area contributed by atoms with Gasteiger partial charge in [-0.05, 0) is 46.7 Å². The summed E-state index contributed by atoms with van der Waals surface area (Å²) < 4.78 is 0.876. The second-order valence-corrected chi connectivity index (χ2v) is 4.39. The van der Waals surface area contributed by atoms with E-state index in [2.05, 4.69) is 29.2 Å². The Morgan fingerprint density at radius 1 is 1.43 bits per heavy atom. The van der Waals surface area contributed by atoms with Crippen LogP contribution in [0.15, 0.2) is 46.1 Å². The van der Waals surface area contributed by atoms with Gasteiger partial charge in [-0.2, -0.15) is 0 Å². The summed E-state index contributed by atoms with van der Waals surface area (Å²) in [5.41, 5.74) is 1.96. The van der Waals surface area contributed by atoms with Crippen LogP contribution in [-0.4, -0.2) is 11.2 Å². The molecule has 1 unspecified atom stereocenters. The van der Waals surface area contributed by atoms with Crippen LogP contribution in [0.3, 0.4) is 0 Å². The monoisotopic (exact) mass is 300 g/mol. The van der Waals surface area contributed by atoms with E-state index in [9.17, 15) is 5.11 Å². The quantitative estimate of drug-likeness (QED) is 0.670. The lowest BCUT2D eigenvalue weighted by molar-refractivity contribution is 0.236. The third-order valence-corrected chi connectivity index (χ3v) is 2.51. The SMILES string of the molecule is C=C(I)/C(=C\c1ccccc1)C(C)O. The van der Waals surface area contributed by atoms with Crippen molar-refractivity contribution in [3.8, 4) is 0 Å². The number of aliphatic hydroxyl groups is 1. The van der Waals surface area contributed by atoms with Crippen LogP contribution in [0.5, 0.6) is 0 Å². The number of hydrogen-bond acceptors (Lipinski definition) is 1. The van der Waals surface area contributed by atoms with Crippen LogP contribution in [0, 0.1) is 0 Å². The van der Waals surface area contributed by atoms with Crippen molar-refractivity contribution in [2.75, 3.05) is 0 Å². The summed E-state index contributed by atoms with van der Waals surface area (Å²) >= 11 is 2.12. The second-order valence-electron chi connectivity index (χ2n) is 3.09. The second kappa shape index (κ2) is 5.32. The highest BCUT2D eigenvalue weighted by atomic mass is 127. The molecule has 0 aliphatic rings. The first-order chi connectivity index (χ1) is 6.61.